The van der Waals surface area contributed by atoms with Crippen LogP contribution in [0.3, 0.4) is 0 Å². The van der Waals surface area contributed by atoms with Crippen LogP contribution in [0.1, 0.15) is 24.8 Å². The van der Waals surface area contributed by atoms with Crippen LogP contribution in [-0.4, -0.2) is 45.9 Å². The van der Waals surface area contributed by atoms with Gasteiger partial charge in [-0.2, -0.15) is 0 Å². The molecule has 0 aliphatic heterocycles. The van der Waals surface area contributed by atoms with Crippen molar-refractivity contribution < 1.29 is 28.6 Å². The number of alkyl carbamates (subject to hydrolysis) is 1. The smallest absolute Gasteiger partial charge is 0.408 e. The van der Waals surface area contributed by atoms with E-state index in [4.69, 9.17) is 14.2 Å². The summed E-state index contributed by atoms with van der Waals surface area (Å²) in [6, 6.07) is 8.82. The molecule has 1 aromatic carbocycles. The first kappa shape index (κ1) is 25.6. The summed E-state index contributed by atoms with van der Waals surface area (Å²) in [4.78, 5) is 38.3. The number of nitrogens with one attached hydrogen (secondary N) is 1. The highest BCUT2D eigenvalue weighted by Crippen LogP contribution is 2.29. The maximum atomic E-state index is 13.0. The van der Waals surface area contributed by atoms with E-state index in [1.165, 1.54) is 7.11 Å². The van der Waals surface area contributed by atoms with Crippen LogP contribution in [0, 0.1) is 11.8 Å². The summed E-state index contributed by atoms with van der Waals surface area (Å²) in [5.74, 6) is -2.33. The van der Waals surface area contributed by atoms with Gasteiger partial charge in [-0.3, -0.25) is 4.79 Å². The Bertz CT molecular complexity index is 789. The van der Waals surface area contributed by atoms with E-state index in [1.807, 2.05) is 42.5 Å². The molecule has 0 radical (unpaired) electrons. The molecule has 0 saturated heterocycles. The van der Waals surface area contributed by atoms with Gasteiger partial charge in [0.15, 0.2) is 0 Å². The van der Waals surface area contributed by atoms with Crippen molar-refractivity contribution in [2.45, 2.75) is 57.6 Å². The van der Waals surface area contributed by atoms with E-state index in [2.05, 4.69) is 25.0 Å². The number of rotatable bonds is 10. The second-order valence-corrected chi connectivity index (χ2v) is 14.9. The number of benzene rings is 1. The van der Waals surface area contributed by atoms with Gasteiger partial charge in [0.05, 0.1) is 19.6 Å². The number of carbonyl (C=O) groups is 3. The van der Waals surface area contributed by atoms with Crippen LogP contribution in [0.15, 0.2) is 42.5 Å². The second kappa shape index (κ2) is 12.4. The molecule has 3 atom stereocenters. The minimum Gasteiger partial charge on any atom is -0.469 e. The quantitative estimate of drug-likeness (QED) is 0.242. The molecule has 0 bridgehead atoms. The molecular formula is C24H35NO6Si. The van der Waals surface area contributed by atoms with E-state index in [-0.39, 0.29) is 19.1 Å². The topological polar surface area (TPSA) is 90.9 Å². The first-order valence-electron chi connectivity index (χ1n) is 11.1. The molecule has 7 nitrogen and oxygen atoms in total. The van der Waals surface area contributed by atoms with Gasteiger partial charge in [-0.15, -0.1) is 0 Å². The third-order valence-corrected chi connectivity index (χ3v) is 7.13. The van der Waals surface area contributed by atoms with Gasteiger partial charge in [-0.1, -0.05) is 62.1 Å². The molecule has 0 saturated carbocycles. The molecule has 1 aliphatic rings. The van der Waals surface area contributed by atoms with Gasteiger partial charge >= 0.3 is 18.0 Å². The van der Waals surface area contributed by atoms with Crippen LogP contribution in [0.2, 0.25) is 25.7 Å². The van der Waals surface area contributed by atoms with Gasteiger partial charge in [-0.25, -0.2) is 9.59 Å². The Morgan fingerprint density at radius 3 is 2.41 bits per heavy atom. The highest BCUT2D eigenvalue weighted by molar-refractivity contribution is 6.76. The van der Waals surface area contributed by atoms with Crippen molar-refractivity contribution >= 4 is 26.1 Å². The van der Waals surface area contributed by atoms with Crippen LogP contribution in [-0.2, 0) is 30.4 Å². The Labute approximate surface area is 191 Å². The zero-order valence-corrected chi connectivity index (χ0v) is 20.5. The number of methoxy groups -OCH3 is 1. The minimum absolute atomic E-state index is 0.0519. The first-order chi connectivity index (χ1) is 15.2. The van der Waals surface area contributed by atoms with E-state index in [0.29, 0.717) is 0 Å². The molecular weight excluding hydrogens is 426 g/mol. The lowest BCUT2D eigenvalue weighted by Crippen LogP contribution is -2.52. The van der Waals surface area contributed by atoms with E-state index < -0.39 is 38.1 Å². The summed E-state index contributed by atoms with van der Waals surface area (Å²) in [6.45, 7) is 6.85. The van der Waals surface area contributed by atoms with Gasteiger partial charge in [0.1, 0.15) is 12.6 Å². The highest BCUT2D eigenvalue weighted by atomic mass is 28.3. The fourth-order valence-corrected chi connectivity index (χ4v) is 4.28. The summed E-state index contributed by atoms with van der Waals surface area (Å²) < 4.78 is 15.8. The van der Waals surface area contributed by atoms with Crippen LogP contribution in [0.4, 0.5) is 4.79 Å². The van der Waals surface area contributed by atoms with Crippen molar-refractivity contribution in [3.8, 4) is 0 Å². The molecule has 0 spiro atoms. The van der Waals surface area contributed by atoms with E-state index in [9.17, 15) is 14.4 Å². The molecule has 0 fully saturated rings. The summed E-state index contributed by atoms with van der Waals surface area (Å²) in [7, 11) is -0.140. The molecule has 1 aliphatic carbocycles. The predicted molar refractivity (Wildman–Crippen MR) is 125 cm³/mol. The Morgan fingerprint density at radius 2 is 1.81 bits per heavy atom. The lowest BCUT2D eigenvalue weighted by molar-refractivity contribution is -0.157. The highest BCUT2D eigenvalue weighted by Gasteiger charge is 2.42. The van der Waals surface area contributed by atoms with Gasteiger partial charge in [0, 0.05) is 8.07 Å². The van der Waals surface area contributed by atoms with Crippen LogP contribution in [0.25, 0.3) is 0 Å². The summed E-state index contributed by atoms with van der Waals surface area (Å²) in [6.07, 6.45) is 5.66. The lowest BCUT2D eigenvalue weighted by Gasteiger charge is -2.30. The standard InChI is InChI=1S/C24H35NO6Si/c1-29-22(26)20(19-13-9-6-10-14-19)21(23(27)30-15-16-32(2,3)4)25-24(28)31-17-18-11-7-5-8-12-18/h5,7-9,11-13,19-21H,6,10,14-17H2,1-4H3,(H,25,28)/t19?,20-,21+/m1/s1. The molecule has 1 unspecified atom stereocenters. The zero-order chi connectivity index (χ0) is 23.6. The fraction of sp³-hybridized carbons (Fsp3) is 0.542. The fourth-order valence-electron chi connectivity index (χ4n) is 3.57. The lowest BCUT2D eigenvalue weighted by atomic mass is 9.80. The minimum atomic E-state index is -1.42. The van der Waals surface area contributed by atoms with Gasteiger partial charge in [-0.05, 0) is 36.8 Å². The Balaban J connectivity index is 2.16. The molecule has 0 heterocycles. The number of allylic oxidation sites excluding steroid dienone is 2. The predicted octanol–water partition coefficient (Wildman–Crippen LogP) is 4.31. The third-order valence-electron chi connectivity index (χ3n) is 5.42. The molecule has 176 valence electrons. The Hall–Kier alpha value is -2.61. The van der Waals surface area contributed by atoms with Crippen LogP contribution >= 0.6 is 0 Å². The second-order valence-electron chi connectivity index (χ2n) is 9.23. The molecule has 2 rings (SSSR count). The van der Waals surface area contributed by atoms with Gasteiger partial charge < -0.3 is 19.5 Å². The number of esters is 2. The molecule has 1 aromatic rings. The van der Waals surface area contributed by atoms with E-state index in [0.717, 1.165) is 30.9 Å². The molecule has 1 amide bonds. The van der Waals surface area contributed by atoms with Gasteiger partial charge in [0.2, 0.25) is 0 Å². The Kier molecular flexibility index (Phi) is 9.96. The molecule has 0 aromatic heterocycles. The summed E-state index contributed by atoms with van der Waals surface area (Å²) >= 11 is 0. The monoisotopic (exact) mass is 461 g/mol. The van der Waals surface area contributed by atoms with Crippen molar-refractivity contribution in [3.05, 3.63) is 48.0 Å². The zero-order valence-electron chi connectivity index (χ0n) is 19.5. The molecule has 32 heavy (non-hydrogen) atoms. The number of hydrogen-bond donors (Lipinski definition) is 1. The van der Waals surface area contributed by atoms with E-state index >= 15 is 0 Å². The summed E-state index contributed by atoms with van der Waals surface area (Å²) in [5, 5.41) is 2.59. The largest absolute Gasteiger partial charge is 0.469 e. The number of hydrogen-bond acceptors (Lipinski definition) is 6. The molecule has 1 N–H and O–H groups in total. The van der Waals surface area contributed by atoms with Gasteiger partial charge in [0.25, 0.3) is 0 Å². The maximum Gasteiger partial charge on any atom is 0.408 e. The average Bonchev–Trinajstić information content (AvgIpc) is 2.77. The Morgan fingerprint density at radius 1 is 1.09 bits per heavy atom. The van der Waals surface area contributed by atoms with Crippen molar-refractivity contribution in [2.75, 3.05) is 13.7 Å². The van der Waals surface area contributed by atoms with Crippen molar-refractivity contribution in [1.82, 2.24) is 5.32 Å². The SMILES string of the molecule is COC(=O)[C@H](C1C=CCCC1)[C@H](NC(=O)OCc1ccccc1)C(=O)OCC[Si](C)(C)C. The number of amides is 1. The van der Waals surface area contributed by atoms with Crippen molar-refractivity contribution in [2.24, 2.45) is 11.8 Å². The van der Waals surface area contributed by atoms with E-state index in [1.54, 1.807) is 0 Å². The number of carbonyl (C=O) groups excluding carboxylic acids is 3. The summed E-state index contributed by atoms with van der Waals surface area (Å²) in [5.41, 5.74) is 0.816. The normalized spacial score (nSPS) is 17.7. The van der Waals surface area contributed by atoms with Crippen LogP contribution < -0.4 is 5.32 Å². The van der Waals surface area contributed by atoms with Crippen LogP contribution in [0.5, 0.6) is 0 Å². The van der Waals surface area contributed by atoms with Crippen molar-refractivity contribution in [3.63, 3.8) is 0 Å². The average molecular weight is 462 g/mol. The number of ether oxygens (including phenoxy) is 3. The maximum absolute atomic E-state index is 13.0. The first-order valence-corrected chi connectivity index (χ1v) is 14.8. The molecule has 8 heteroatoms. The third kappa shape index (κ3) is 8.49. The van der Waals surface area contributed by atoms with Crippen molar-refractivity contribution in [1.29, 1.82) is 0 Å².